The molecule has 0 atom stereocenters. The van der Waals surface area contributed by atoms with Crippen molar-refractivity contribution in [1.29, 1.82) is 0 Å². The molecule has 0 radical (unpaired) electrons. The molecule has 1 aromatic carbocycles. The van der Waals surface area contributed by atoms with Crippen LogP contribution < -0.4 is 5.32 Å². The molecule has 1 N–H and O–H groups in total. The van der Waals surface area contributed by atoms with Crippen LogP contribution in [-0.4, -0.2) is 11.5 Å². The van der Waals surface area contributed by atoms with Crippen LogP contribution in [0.1, 0.15) is 39.7 Å². The Hall–Kier alpha value is -1.35. The molecular formula is C16H20ClFN2. The van der Waals surface area contributed by atoms with Crippen molar-refractivity contribution in [2.75, 3.05) is 11.9 Å². The van der Waals surface area contributed by atoms with E-state index in [1.54, 1.807) is 6.07 Å². The van der Waals surface area contributed by atoms with Crippen molar-refractivity contribution in [3.8, 4) is 0 Å². The number of halogens is 2. The van der Waals surface area contributed by atoms with Crippen LogP contribution >= 0.6 is 11.6 Å². The summed E-state index contributed by atoms with van der Waals surface area (Å²) in [5.74, 6) is 0.504. The Morgan fingerprint density at radius 3 is 2.60 bits per heavy atom. The second-order valence-electron chi connectivity index (χ2n) is 5.99. The molecule has 2 aromatic rings. The summed E-state index contributed by atoms with van der Waals surface area (Å²) in [5, 5.41) is 4.27. The molecule has 0 aliphatic carbocycles. The van der Waals surface area contributed by atoms with Gasteiger partial charge in [0.05, 0.1) is 10.5 Å². The third-order valence-corrected chi connectivity index (χ3v) is 3.54. The van der Waals surface area contributed by atoms with Crippen molar-refractivity contribution in [3.05, 3.63) is 34.6 Å². The topological polar surface area (TPSA) is 24.9 Å². The Morgan fingerprint density at radius 2 is 2.00 bits per heavy atom. The predicted molar refractivity (Wildman–Crippen MR) is 84.2 cm³/mol. The molecule has 0 spiro atoms. The molecule has 0 bridgehead atoms. The molecule has 0 aliphatic rings. The number of aromatic nitrogens is 1. The van der Waals surface area contributed by atoms with Crippen LogP contribution in [0.5, 0.6) is 0 Å². The normalized spacial score (nSPS) is 11.9. The molecule has 108 valence electrons. The van der Waals surface area contributed by atoms with Crippen LogP contribution in [0.3, 0.4) is 0 Å². The van der Waals surface area contributed by atoms with Gasteiger partial charge in [0.25, 0.3) is 0 Å². The lowest BCUT2D eigenvalue weighted by Crippen LogP contribution is -2.17. The molecular weight excluding hydrogens is 275 g/mol. The second kappa shape index (κ2) is 5.57. The van der Waals surface area contributed by atoms with Gasteiger partial charge in [-0.3, -0.25) is 0 Å². The smallest absolute Gasteiger partial charge is 0.132 e. The summed E-state index contributed by atoms with van der Waals surface area (Å²) in [6.45, 7) is 9.20. The molecule has 0 unspecified atom stereocenters. The van der Waals surface area contributed by atoms with Crippen LogP contribution in [0, 0.1) is 5.82 Å². The van der Waals surface area contributed by atoms with E-state index in [9.17, 15) is 4.39 Å². The van der Waals surface area contributed by atoms with Crippen LogP contribution in [0.2, 0.25) is 5.02 Å². The van der Waals surface area contributed by atoms with Gasteiger partial charge in [0.15, 0.2) is 0 Å². The SMILES string of the molecule is CCCNc1nc2c(Cl)ccc(F)c2cc1C(C)(C)C. The number of rotatable bonds is 3. The van der Waals surface area contributed by atoms with Gasteiger partial charge < -0.3 is 5.32 Å². The highest BCUT2D eigenvalue weighted by molar-refractivity contribution is 6.35. The number of hydrogen-bond acceptors (Lipinski definition) is 2. The lowest BCUT2D eigenvalue weighted by atomic mass is 9.86. The molecule has 2 nitrogen and oxygen atoms in total. The lowest BCUT2D eigenvalue weighted by molar-refractivity contribution is 0.589. The van der Waals surface area contributed by atoms with Gasteiger partial charge in [-0.1, -0.05) is 39.3 Å². The molecule has 0 aliphatic heterocycles. The summed E-state index contributed by atoms with van der Waals surface area (Å²) in [6, 6.07) is 4.80. The van der Waals surface area contributed by atoms with Crippen molar-refractivity contribution >= 4 is 28.3 Å². The summed E-state index contributed by atoms with van der Waals surface area (Å²) < 4.78 is 14.0. The number of hydrogen-bond donors (Lipinski definition) is 1. The quantitative estimate of drug-likeness (QED) is 0.847. The van der Waals surface area contributed by atoms with Crippen molar-refractivity contribution in [2.45, 2.75) is 39.5 Å². The van der Waals surface area contributed by atoms with Crippen molar-refractivity contribution in [2.24, 2.45) is 0 Å². The molecule has 0 saturated carbocycles. The number of anilines is 1. The number of nitrogens with one attached hydrogen (secondary N) is 1. The van der Waals surface area contributed by atoms with E-state index in [0.29, 0.717) is 15.9 Å². The van der Waals surface area contributed by atoms with E-state index in [-0.39, 0.29) is 11.2 Å². The summed E-state index contributed by atoms with van der Waals surface area (Å²) in [5.41, 5.74) is 1.39. The minimum absolute atomic E-state index is 0.119. The minimum Gasteiger partial charge on any atom is -0.370 e. The Morgan fingerprint density at radius 1 is 1.30 bits per heavy atom. The molecule has 0 fully saturated rings. The maximum atomic E-state index is 14.0. The van der Waals surface area contributed by atoms with Crippen LogP contribution in [0.15, 0.2) is 18.2 Å². The first kappa shape index (κ1) is 15.0. The van der Waals surface area contributed by atoms with E-state index in [0.717, 1.165) is 24.3 Å². The lowest BCUT2D eigenvalue weighted by Gasteiger charge is -2.23. The van der Waals surface area contributed by atoms with Gasteiger partial charge >= 0.3 is 0 Å². The Kier molecular flexibility index (Phi) is 4.19. The number of pyridine rings is 1. The standard InChI is InChI=1S/C16H20ClFN2/c1-5-8-19-15-11(16(2,3)4)9-10-13(18)7-6-12(17)14(10)20-15/h6-7,9H,5,8H2,1-4H3,(H,19,20). The predicted octanol–water partition coefficient (Wildman–Crippen LogP) is 5.15. The zero-order chi connectivity index (χ0) is 14.9. The third kappa shape index (κ3) is 2.88. The van der Waals surface area contributed by atoms with E-state index < -0.39 is 0 Å². The highest BCUT2D eigenvalue weighted by Gasteiger charge is 2.21. The highest BCUT2D eigenvalue weighted by atomic mass is 35.5. The van der Waals surface area contributed by atoms with Gasteiger partial charge in [-0.2, -0.15) is 0 Å². The summed E-state index contributed by atoms with van der Waals surface area (Å²) in [4.78, 5) is 4.56. The first-order valence-corrected chi connectivity index (χ1v) is 7.25. The number of fused-ring (bicyclic) bond motifs is 1. The minimum atomic E-state index is -0.288. The van der Waals surface area contributed by atoms with Crippen LogP contribution in [0.25, 0.3) is 10.9 Å². The third-order valence-electron chi connectivity index (χ3n) is 3.23. The largest absolute Gasteiger partial charge is 0.370 e. The first-order chi connectivity index (χ1) is 9.34. The average molecular weight is 295 g/mol. The molecule has 2 rings (SSSR count). The fraction of sp³-hybridized carbons (Fsp3) is 0.438. The van der Waals surface area contributed by atoms with E-state index in [1.807, 2.05) is 6.07 Å². The highest BCUT2D eigenvalue weighted by Crippen LogP contribution is 2.34. The molecule has 0 amide bonds. The fourth-order valence-electron chi connectivity index (χ4n) is 2.14. The van der Waals surface area contributed by atoms with Crippen LogP contribution in [-0.2, 0) is 5.41 Å². The Labute approximate surface area is 124 Å². The summed E-state index contributed by atoms with van der Waals surface area (Å²) in [6.07, 6.45) is 1.00. The molecule has 1 heterocycles. The fourth-order valence-corrected chi connectivity index (χ4v) is 2.35. The van der Waals surface area contributed by atoms with Gasteiger partial charge in [0, 0.05) is 17.5 Å². The summed E-state index contributed by atoms with van der Waals surface area (Å²) >= 11 is 6.14. The molecule has 4 heteroatoms. The van der Waals surface area contributed by atoms with Crippen molar-refractivity contribution < 1.29 is 4.39 Å². The molecule has 1 aromatic heterocycles. The van der Waals surface area contributed by atoms with Gasteiger partial charge in [-0.25, -0.2) is 9.37 Å². The van der Waals surface area contributed by atoms with E-state index in [4.69, 9.17) is 11.6 Å². The van der Waals surface area contributed by atoms with E-state index in [1.165, 1.54) is 6.07 Å². The van der Waals surface area contributed by atoms with Gasteiger partial charge in [-0.15, -0.1) is 0 Å². The van der Waals surface area contributed by atoms with Gasteiger partial charge in [0.1, 0.15) is 11.6 Å². The second-order valence-corrected chi connectivity index (χ2v) is 6.39. The zero-order valence-electron chi connectivity index (χ0n) is 12.3. The van der Waals surface area contributed by atoms with Gasteiger partial charge in [0.2, 0.25) is 0 Å². The molecule has 0 saturated heterocycles. The Bertz CT molecular complexity index is 632. The summed E-state index contributed by atoms with van der Waals surface area (Å²) in [7, 11) is 0. The van der Waals surface area contributed by atoms with Crippen molar-refractivity contribution in [1.82, 2.24) is 4.98 Å². The maximum absolute atomic E-state index is 14.0. The van der Waals surface area contributed by atoms with E-state index >= 15 is 0 Å². The Balaban J connectivity index is 2.71. The van der Waals surface area contributed by atoms with Crippen LogP contribution in [0.4, 0.5) is 10.2 Å². The first-order valence-electron chi connectivity index (χ1n) is 6.87. The van der Waals surface area contributed by atoms with Gasteiger partial charge in [-0.05, 0) is 30.0 Å². The number of benzene rings is 1. The zero-order valence-corrected chi connectivity index (χ0v) is 13.1. The van der Waals surface area contributed by atoms with E-state index in [2.05, 4.69) is 38.0 Å². The van der Waals surface area contributed by atoms with Crippen molar-refractivity contribution in [3.63, 3.8) is 0 Å². The monoisotopic (exact) mass is 294 g/mol. The molecule has 20 heavy (non-hydrogen) atoms. The average Bonchev–Trinajstić information content (AvgIpc) is 2.39. The maximum Gasteiger partial charge on any atom is 0.132 e. The number of nitrogens with zero attached hydrogens (tertiary/aromatic N) is 1.